The van der Waals surface area contributed by atoms with Gasteiger partial charge in [-0.1, -0.05) is 32.9 Å². The predicted octanol–water partition coefficient (Wildman–Crippen LogP) is 4.38. The molecule has 4 heteroatoms. The van der Waals surface area contributed by atoms with Crippen molar-refractivity contribution in [2.24, 2.45) is 5.92 Å². The van der Waals surface area contributed by atoms with Crippen molar-refractivity contribution in [2.45, 2.75) is 70.8 Å². The number of carbonyl (C=O) groups is 1. The van der Waals surface area contributed by atoms with Crippen molar-refractivity contribution >= 4 is 14.2 Å². The van der Waals surface area contributed by atoms with Crippen molar-refractivity contribution in [3.63, 3.8) is 0 Å². The Kier molecular flexibility index (Phi) is 6.22. The minimum atomic E-state index is -1.86. The molecule has 0 saturated carbocycles. The first-order chi connectivity index (χ1) is 10.1. The summed E-state index contributed by atoms with van der Waals surface area (Å²) in [6, 6.07) is 0.227. The van der Waals surface area contributed by atoms with Gasteiger partial charge in [-0.2, -0.15) is 0 Å². The molecule has 3 atom stereocenters. The topological polar surface area (TPSA) is 29.5 Å². The quantitative estimate of drug-likeness (QED) is 0.377. The number of carbonyl (C=O) groups excluding carboxylic acids is 1. The first kappa shape index (κ1) is 19.2. The van der Waals surface area contributed by atoms with Crippen LogP contribution in [0.5, 0.6) is 0 Å². The summed E-state index contributed by atoms with van der Waals surface area (Å²) in [4.78, 5) is 14.5. The Bertz CT molecular complexity index is 425. The Morgan fingerprint density at radius 1 is 1.32 bits per heavy atom. The molecular weight excluding hydrogens is 290 g/mol. The van der Waals surface area contributed by atoms with Crippen LogP contribution in [0.15, 0.2) is 25.3 Å². The fourth-order valence-electron chi connectivity index (χ4n) is 2.81. The normalized spacial score (nSPS) is 23.9. The zero-order valence-corrected chi connectivity index (χ0v) is 16.2. The third-order valence-electron chi connectivity index (χ3n) is 5.16. The molecular formula is C18H33NO2Si. The summed E-state index contributed by atoms with van der Waals surface area (Å²) in [6.07, 6.45) is 5.41. The fourth-order valence-corrected chi connectivity index (χ4v) is 4.24. The lowest BCUT2D eigenvalue weighted by Crippen LogP contribution is -2.65. The molecule has 1 aliphatic heterocycles. The van der Waals surface area contributed by atoms with Crippen LogP contribution in [0.25, 0.3) is 0 Å². The zero-order valence-electron chi connectivity index (χ0n) is 15.2. The van der Waals surface area contributed by atoms with E-state index in [1.54, 1.807) is 0 Å². The highest BCUT2D eigenvalue weighted by Gasteiger charge is 2.51. The van der Waals surface area contributed by atoms with Crippen molar-refractivity contribution in [3.8, 4) is 0 Å². The van der Waals surface area contributed by atoms with Crippen LogP contribution in [0, 0.1) is 5.92 Å². The highest BCUT2D eigenvalue weighted by atomic mass is 28.4. The number of β-lactam (4-membered cyclic amide) rings is 1. The van der Waals surface area contributed by atoms with E-state index in [0.717, 1.165) is 19.4 Å². The summed E-state index contributed by atoms with van der Waals surface area (Å²) < 4.78 is 6.44. The third kappa shape index (κ3) is 3.90. The Balaban J connectivity index is 2.79. The molecule has 1 amide bonds. The highest BCUT2D eigenvalue weighted by molar-refractivity contribution is 6.74. The van der Waals surface area contributed by atoms with Crippen LogP contribution in [0.1, 0.15) is 40.5 Å². The van der Waals surface area contributed by atoms with Crippen molar-refractivity contribution < 1.29 is 9.22 Å². The van der Waals surface area contributed by atoms with Crippen molar-refractivity contribution in [1.29, 1.82) is 0 Å². The lowest BCUT2D eigenvalue weighted by Gasteiger charge is -2.51. The Labute approximate surface area is 137 Å². The second-order valence-electron chi connectivity index (χ2n) is 7.81. The molecule has 1 heterocycles. The van der Waals surface area contributed by atoms with Gasteiger partial charge in [0.05, 0.1) is 12.0 Å². The number of hydrogen-bond acceptors (Lipinski definition) is 2. The van der Waals surface area contributed by atoms with Gasteiger partial charge in [-0.25, -0.2) is 0 Å². The molecule has 0 aromatic rings. The number of likely N-dealkylation sites (tertiary alicyclic amines) is 1. The molecule has 0 spiro atoms. The summed E-state index contributed by atoms with van der Waals surface area (Å²) in [6.45, 7) is 21.6. The van der Waals surface area contributed by atoms with Gasteiger partial charge in [0.15, 0.2) is 8.32 Å². The number of hydrogen-bond donors (Lipinski definition) is 0. The summed E-state index contributed by atoms with van der Waals surface area (Å²) in [7, 11) is -1.86. The molecule has 1 rings (SSSR count). The Morgan fingerprint density at radius 3 is 2.36 bits per heavy atom. The van der Waals surface area contributed by atoms with E-state index >= 15 is 0 Å². The van der Waals surface area contributed by atoms with Crippen molar-refractivity contribution in [2.75, 3.05) is 6.54 Å². The molecule has 3 nitrogen and oxygen atoms in total. The maximum absolute atomic E-state index is 12.5. The lowest BCUT2D eigenvalue weighted by molar-refractivity contribution is -0.162. The van der Waals surface area contributed by atoms with E-state index in [1.165, 1.54) is 0 Å². The minimum absolute atomic E-state index is 0.0293. The molecule has 0 aliphatic carbocycles. The molecule has 1 aliphatic rings. The standard InChI is InChI=1S/C18H33NO2Si/c1-9-11-13-19-15(12-10-2)16(17(19)20)14(3)21-22(7,8)18(4,5)6/h9-10,14-16H,1-2,11-13H2,3-8H3/t14-,15+,16-/m1/s1. The van der Waals surface area contributed by atoms with Gasteiger partial charge in [0.25, 0.3) is 0 Å². The summed E-state index contributed by atoms with van der Waals surface area (Å²) in [5.41, 5.74) is 0. The van der Waals surface area contributed by atoms with Crippen LogP contribution < -0.4 is 0 Å². The average molecular weight is 324 g/mol. The first-order valence-electron chi connectivity index (χ1n) is 8.27. The van der Waals surface area contributed by atoms with E-state index in [-0.39, 0.29) is 29.0 Å². The van der Waals surface area contributed by atoms with Gasteiger partial charge in [0.1, 0.15) is 0 Å². The monoisotopic (exact) mass is 323 g/mol. The Hall–Kier alpha value is -0.873. The second-order valence-corrected chi connectivity index (χ2v) is 12.6. The smallest absolute Gasteiger partial charge is 0.230 e. The van der Waals surface area contributed by atoms with Gasteiger partial charge < -0.3 is 9.33 Å². The van der Waals surface area contributed by atoms with Crippen LogP contribution in [0.2, 0.25) is 18.1 Å². The summed E-state index contributed by atoms with van der Waals surface area (Å²) in [5.74, 6) is 0.192. The van der Waals surface area contributed by atoms with Gasteiger partial charge in [0, 0.05) is 12.6 Å². The van der Waals surface area contributed by atoms with Gasteiger partial charge in [-0.3, -0.25) is 4.79 Å². The lowest BCUT2D eigenvalue weighted by atomic mass is 9.81. The van der Waals surface area contributed by atoms with Crippen LogP contribution in [-0.2, 0) is 9.22 Å². The maximum atomic E-state index is 12.5. The van der Waals surface area contributed by atoms with E-state index in [0.29, 0.717) is 0 Å². The van der Waals surface area contributed by atoms with Gasteiger partial charge >= 0.3 is 0 Å². The number of amides is 1. The molecule has 0 bridgehead atoms. The fraction of sp³-hybridized carbons (Fsp3) is 0.722. The molecule has 1 saturated heterocycles. The van der Waals surface area contributed by atoms with Crippen LogP contribution in [0.3, 0.4) is 0 Å². The van der Waals surface area contributed by atoms with Crippen molar-refractivity contribution in [3.05, 3.63) is 25.3 Å². The third-order valence-corrected chi connectivity index (χ3v) is 9.73. The predicted molar refractivity (Wildman–Crippen MR) is 96.4 cm³/mol. The van der Waals surface area contributed by atoms with Gasteiger partial charge in [-0.15, -0.1) is 13.2 Å². The van der Waals surface area contributed by atoms with Crippen LogP contribution >= 0.6 is 0 Å². The second kappa shape index (κ2) is 7.13. The van der Waals surface area contributed by atoms with Crippen molar-refractivity contribution in [1.82, 2.24) is 4.90 Å². The van der Waals surface area contributed by atoms with E-state index in [4.69, 9.17) is 4.43 Å². The summed E-state index contributed by atoms with van der Waals surface area (Å²) in [5, 5.41) is 0.157. The van der Waals surface area contributed by atoms with Gasteiger partial charge in [0.2, 0.25) is 5.91 Å². The maximum Gasteiger partial charge on any atom is 0.230 e. The van der Waals surface area contributed by atoms with E-state index in [2.05, 4.69) is 53.9 Å². The Morgan fingerprint density at radius 2 is 1.91 bits per heavy atom. The first-order valence-corrected chi connectivity index (χ1v) is 11.2. The molecule has 126 valence electrons. The SMILES string of the molecule is C=CCCN1C(=O)[C@H]([C@@H](C)O[Si](C)(C)C(C)(C)C)[C@@H]1CC=C. The largest absolute Gasteiger partial charge is 0.413 e. The van der Waals surface area contributed by atoms with Crippen LogP contribution in [0.4, 0.5) is 0 Å². The molecule has 0 aromatic heterocycles. The summed E-state index contributed by atoms with van der Waals surface area (Å²) >= 11 is 0. The molecule has 0 N–H and O–H groups in total. The molecule has 1 fully saturated rings. The molecule has 22 heavy (non-hydrogen) atoms. The van der Waals surface area contributed by atoms with E-state index in [9.17, 15) is 4.79 Å². The molecule has 0 unspecified atom stereocenters. The van der Waals surface area contributed by atoms with Crippen LogP contribution in [-0.4, -0.2) is 37.8 Å². The van der Waals surface area contributed by atoms with E-state index in [1.807, 2.05) is 17.1 Å². The van der Waals surface area contributed by atoms with Gasteiger partial charge in [-0.05, 0) is 37.9 Å². The van der Waals surface area contributed by atoms with E-state index < -0.39 is 8.32 Å². The zero-order chi connectivity index (χ0) is 17.1. The highest BCUT2D eigenvalue weighted by Crippen LogP contribution is 2.41. The minimum Gasteiger partial charge on any atom is -0.413 e. The average Bonchev–Trinajstić information content (AvgIpc) is 2.36. The number of rotatable bonds is 8. The molecule has 0 aromatic carbocycles. The molecule has 0 radical (unpaired) electrons. The number of nitrogens with zero attached hydrogens (tertiary/aromatic N) is 1.